The lowest BCUT2D eigenvalue weighted by Crippen LogP contribution is -3.08. The molecule has 0 spiro atoms. The molecule has 21 heavy (non-hydrogen) atoms. The van der Waals surface area contributed by atoms with E-state index in [0.29, 0.717) is 22.9 Å². The number of anilines is 1. The molecule has 1 aromatic rings. The van der Waals surface area contributed by atoms with E-state index in [1.807, 2.05) is 31.4 Å². The lowest BCUT2D eigenvalue weighted by Gasteiger charge is -2.17. The second-order valence-corrected chi connectivity index (χ2v) is 4.58. The number of halogens is 1. The Hall–Kier alpha value is -1.99. The summed E-state index contributed by atoms with van der Waals surface area (Å²) in [5.74, 6) is 1.12. The zero-order valence-electron chi connectivity index (χ0n) is 12.5. The fraction of sp³-hybridized carbons (Fsp3) is 0.385. The Kier molecular flexibility index (Phi) is 5.80. The highest BCUT2D eigenvalue weighted by Crippen LogP contribution is 2.36. The van der Waals surface area contributed by atoms with Gasteiger partial charge in [-0.1, -0.05) is 0 Å². The first-order chi connectivity index (χ1) is 9.56. The van der Waals surface area contributed by atoms with Crippen LogP contribution in [0, 0.1) is 0 Å². The van der Waals surface area contributed by atoms with E-state index < -0.39 is 0 Å². The van der Waals surface area contributed by atoms with Crippen molar-refractivity contribution in [1.82, 2.24) is 4.90 Å². The second kappa shape index (κ2) is 7.14. The Bertz CT molecular complexity index is 538. The number of hydrogen-bond donors (Lipinski definition) is 2. The molecule has 8 heteroatoms. The van der Waals surface area contributed by atoms with Gasteiger partial charge in [0.15, 0.2) is 0 Å². The zero-order chi connectivity index (χ0) is 14.7. The van der Waals surface area contributed by atoms with Gasteiger partial charge in [-0.25, -0.2) is 0 Å². The van der Waals surface area contributed by atoms with E-state index in [-0.39, 0.29) is 18.7 Å². The number of nitrogen functional groups attached to an aromatic ring is 1. The highest BCUT2D eigenvalue weighted by atomic mass is 35.5. The summed E-state index contributed by atoms with van der Waals surface area (Å²) in [6, 6.07) is 3.40. The van der Waals surface area contributed by atoms with E-state index >= 15 is 0 Å². The molecule has 2 unspecified atom stereocenters. The summed E-state index contributed by atoms with van der Waals surface area (Å²) >= 11 is 0. The molecule has 0 aliphatic carbocycles. The van der Waals surface area contributed by atoms with E-state index in [9.17, 15) is 0 Å². The molecule has 1 aliphatic rings. The van der Waals surface area contributed by atoms with Crippen LogP contribution in [0.4, 0.5) is 11.4 Å². The van der Waals surface area contributed by atoms with Crippen LogP contribution in [0.5, 0.6) is 11.5 Å². The first-order valence-corrected chi connectivity index (χ1v) is 6.22. The van der Waals surface area contributed by atoms with Crippen LogP contribution in [0.15, 0.2) is 34.8 Å². The van der Waals surface area contributed by atoms with Gasteiger partial charge in [0.05, 0.1) is 33.2 Å². The van der Waals surface area contributed by atoms with Gasteiger partial charge >= 0.3 is 0 Å². The largest absolute Gasteiger partial charge is 1.00 e. The first kappa shape index (κ1) is 17.1. The summed E-state index contributed by atoms with van der Waals surface area (Å²) in [5.41, 5.74) is 6.93. The number of nitrogens with one attached hydrogen (secondary N) is 1. The Morgan fingerprint density at radius 1 is 1.24 bits per heavy atom. The molecule has 7 nitrogen and oxygen atoms in total. The number of nitrogens with zero attached hydrogens (tertiary/aromatic N) is 3. The summed E-state index contributed by atoms with van der Waals surface area (Å²) in [6.07, 6.45) is 3.91. The number of nitrogens with two attached hydrogens (primary N) is 1. The van der Waals surface area contributed by atoms with Crippen LogP contribution in [0.3, 0.4) is 0 Å². The molecule has 0 saturated heterocycles. The Balaban J connectivity index is 0.00000220. The first-order valence-electron chi connectivity index (χ1n) is 6.22. The highest BCUT2D eigenvalue weighted by Gasteiger charge is 2.24. The third kappa shape index (κ3) is 3.56. The predicted octanol–water partition coefficient (Wildman–Crippen LogP) is -2.41. The van der Waals surface area contributed by atoms with E-state index in [1.165, 1.54) is 0 Å². The molecule has 1 aliphatic heterocycles. The minimum atomic E-state index is -0.0803. The molecule has 0 radical (unpaired) electrons. The van der Waals surface area contributed by atoms with Crippen molar-refractivity contribution in [2.45, 2.75) is 6.29 Å². The average Bonchev–Trinajstić information content (AvgIpc) is 2.76. The van der Waals surface area contributed by atoms with E-state index in [1.54, 1.807) is 26.4 Å². The van der Waals surface area contributed by atoms with Gasteiger partial charge in [0.2, 0.25) is 0 Å². The Morgan fingerprint density at radius 2 is 1.90 bits per heavy atom. The van der Waals surface area contributed by atoms with E-state index in [4.69, 9.17) is 15.2 Å². The molecule has 116 valence electrons. The van der Waals surface area contributed by atoms with Gasteiger partial charge in [-0.2, -0.15) is 0 Å². The number of azo groups is 1. The minimum absolute atomic E-state index is 0. The molecule has 1 aromatic carbocycles. The number of rotatable bonds is 4. The molecule has 0 bridgehead atoms. The van der Waals surface area contributed by atoms with Crippen LogP contribution in [-0.4, -0.2) is 39.5 Å². The number of methoxy groups -OCH3 is 2. The summed E-state index contributed by atoms with van der Waals surface area (Å²) in [7, 11) is 7.11. The summed E-state index contributed by atoms with van der Waals surface area (Å²) in [5, 5.41) is 8.62. The lowest BCUT2D eigenvalue weighted by molar-refractivity contribution is -0.856. The summed E-state index contributed by atoms with van der Waals surface area (Å²) in [4.78, 5) is 3.12. The van der Waals surface area contributed by atoms with Gasteiger partial charge in [-0.3, -0.25) is 4.90 Å². The molecule has 2 atom stereocenters. The van der Waals surface area contributed by atoms with Crippen LogP contribution in [0.1, 0.15) is 0 Å². The van der Waals surface area contributed by atoms with Crippen molar-refractivity contribution in [2.75, 3.05) is 34.0 Å². The van der Waals surface area contributed by atoms with Crippen LogP contribution in [0.25, 0.3) is 0 Å². The molecule has 0 amide bonds. The zero-order valence-corrected chi connectivity index (χ0v) is 13.3. The minimum Gasteiger partial charge on any atom is -1.00 e. The van der Waals surface area contributed by atoms with Crippen LogP contribution < -0.4 is 32.5 Å². The summed E-state index contributed by atoms with van der Waals surface area (Å²) < 4.78 is 10.5. The lowest BCUT2D eigenvalue weighted by atomic mass is 10.2. The Morgan fingerprint density at radius 3 is 2.43 bits per heavy atom. The molecule has 0 fully saturated rings. The van der Waals surface area contributed by atoms with Crippen molar-refractivity contribution in [3.63, 3.8) is 0 Å². The van der Waals surface area contributed by atoms with Gasteiger partial charge in [0.25, 0.3) is 6.29 Å². The average molecular weight is 314 g/mol. The topological polar surface area (TPSA) is 76.9 Å². The third-order valence-corrected chi connectivity index (χ3v) is 3.17. The number of quaternary nitrogens is 1. The SMILES string of the molecule is COc1cc(N=NC2N(C)C=C[NH+]2C)c(OC)cc1N.[Cl-]. The molecule has 1 heterocycles. The normalized spacial score (nSPS) is 20.7. The molecular weight excluding hydrogens is 294 g/mol. The fourth-order valence-electron chi connectivity index (χ4n) is 2.00. The van der Waals surface area contributed by atoms with Crippen LogP contribution in [0.2, 0.25) is 0 Å². The van der Waals surface area contributed by atoms with Crippen molar-refractivity contribution in [2.24, 2.45) is 10.2 Å². The number of benzene rings is 1. The molecule has 0 saturated carbocycles. The second-order valence-electron chi connectivity index (χ2n) is 4.58. The maximum Gasteiger partial charge on any atom is 0.284 e. The van der Waals surface area contributed by atoms with Crippen molar-refractivity contribution in [3.05, 3.63) is 24.5 Å². The standard InChI is InChI=1S/C13H19N5O2.ClH/c1-17-5-6-18(2)13(17)16-15-10-8-11(19-3)9(14)7-12(10)20-4;/h5-8,13H,14H2,1-4H3;1H. The fourth-order valence-corrected chi connectivity index (χ4v) is 2.00. The third-order valence-electron chi connectivity index (χ3n) is 3.17. The molecule has 0 aromatic heterocycles. The van der Waals surface area contributed by atoms with Crippen molar-refractivity contribution in [1.29, 1.82) is 0 Å². The highest BCUT2D eigenvalue weighted by molar-refractivity contribution is 5.66. The molecule has 2 rings (SSSR count). The smallest absolute Gasteiger partial charge is 0.284 e. The van der Waals surface area contributed by atoms with Crippen LogP contribution >= 0.6 is 0 Å². The molecular formula is C13H20ClN5O2. The Labute approximate surface area is 130 Å². The maximum absolute atomic E-state index is 5.84. The van der Waals surface area contributed by atoms with Crippen molar-refractivity contribution in [3.8, 4) is 11.5 Å². The van der Waals surface area contributed by atoms with Crippen LogP contribution in [-0.2, 0) is 0 Å². The van der Waals surface area contributed by atoms with Gasteiger partial charge in [0.1, 0.15) is 23.4 Å². The van der Waals surface area contributed by atoms with Gasteiger partial charge in [0, 0.05) is 19.2 Å². The summed E-state index contributed by atoms with van der Waals surface area (Å²) in [6.45, 7) is 0. The van der Waals surface area contributed by atoms with E-state index in [2.05, 4.69) is 10.2 Å². The quantitative estimate of drug-likeness (QED) is 0.479. The van der Waals surface area contributed by atoms with Gasteiger partial charge in [-0.05, 0) is 0 Å². The van der Waals surface area contributed by atoms with Crippen molar-refractivity contribution >= 4 is 11.4 Å². The number of ether oxygens (including phenoxy) is 2. The van der Waals surface area contributed by atoms with Gasteiger partial charge in [-0.15, -0.1) is 10.2 Å². The van der Waals surface area contributed by atoms with Crippen molar-refractivity contribution < 1.29 is 26.8 Å². The predicted molar refractivity (Wildman–Crippen MR) is 76.1 cm³/mol. The monoisotopic (exact) mass is 313 g/mol. The van der Waals surface area contributed by atoms with Gasteiger partial charge < -0.3 is 32.5 Å². The number of hydrogen-bond acceptors (Lipinski definition) is 6. The van der Waals surface area contributed by atoms with E-state index in [0.717, 1.165) is 4.90 Å². The maximum atomic E-state index is 5.84. The molecule has 3 N–H and O–H groups in total.